The molecular weight excluding hydrogens is 323 g/mol. The van der Waals surface area contributed by atoms with Gasteiger partial charge in [-0.25, -0.2) is 14.5 Å². The van der Waals surface area contributed by atoms with Crippen LogP contribution in [-0.4, -0.2) is 21.4 Å². The lowest BCUT2D eigenvalue weighted by molar-refractivity contribution is 0.0949. The molecule has 0 unspecified atom stereocenters. The summed E-state index contributed by atoms with van der Waals surface area (Å²) in [5.41, 5.74) is 2.76. The predicted molar refractivity (Wildman–Crippen MR) is 93.1 cm³/mol. The molecule has 0 aliphatic rings. The first-order valence-electron chi connectivity index (χ1n) is 7.54. The van der Waals surface area contributed by atoms with Crippen LogP contribution in [0.5, 0.6) is 0 Å². The standard InChI is InChI=1S/C18H15FN4O2/c1-11(12-7-5-6-10-15(12)19)20-21-17(24)16-13-8-3-4-9-14(13)18(25)23(2)22-16/h3-10H,1-2H3,(H,21,24)/b20-11+. The molecule has 1 N–H and O–H groups in total. The van der Waals surface area contributed by atoms with Crippen LogP contribution in [0.2, 0.25) is 0 Å². The molecule has 25 heavy (non-hydrogen) atoms. The van der Waals surface area contributed by atoms with Crippen LogP contribution in [0.1, 0.15) is 23.0 Å². The Hall–Kier alpha value is -3.35. The second-order valence-corrected chi connectivity index (χ2v) is 5.44. The van der Waals surface area contributed by atoms with Crippen molar-refractivity contribution in [3.05, 3.63) is 76.0 Å². The average molecular weight is 338 g/mol. The zero-order valence-electron chi connectivity index (χ0n) is 13.7. The second kappa shape index (κ2) is 6.64. The smallest absolute Gasteiger partial charge is 0.267 e. The van der Waals surface area contributed by atoms with Crippen molar-refractivity contribution in [3.8, 4) is 0 Å². The second-order valence-electron chi connectivity index (χ2n) is 5.44. The zero-order chi connectivity index (χ0) is 18.0. The number of amides is 1. The number of nitrogens with one attached hydrogen (secondary N) is 1. The molecule has 1 heterocycles. The van der Waals surface area contributed by atoms with Crippen molar-refractivity contribution in [2.24, 2.45) is 12.1 Å². The molecule has 1 amide bonds. The van der Waals surface area contributed by atoms with E-state index in [2.05, 4.69) is 15.6 Å². The largest absolute Gasteiger partial charge is 0.292 e. The highest BCUT2D eigenvalue weighted by Crippen LogP contribution is 2.13. The number of fused-ring (bicyclic) bond motifs is 1. The summed E-state index contributed by atoms with van der Waals surface area (Å²) >= 11 is 0. The number of hydrogen-bond donors (Lipinski definition) is 1. The van der Waals surface area contributed by atoms with E-state index < -0.39 is 11.7 Å². The molecule has 0 aliphatic heterocycles. The first kappa shape index (κ1) is 16.5. The maximum atomic E-state index is 13.7. The van der Waals surface area contributed by atoms with Gasteiger partial charge >= 0.3 is 0 Å². The molecular formula is C18H15FN4O2. The van der Waals surface area contributed by atoms with Crippen LogP contribution in [-0.2, 0) is 7.05 Å². The van der Waals surface area contributed by atoms with E-state index in [0.717, 1.165) is 4.68 Å². The van der Waals surface area contributed by atoms with Gasteiger partial charge in [-0.3, -0.25) is 9.59 Å². The third-order valence-electron chi connectivity index (χ3n) is 3.76. The SMILES string of the molecule is C/C(=N\NC(=O)c1nn(C)c(=O)c2ccccc12)c1ccccc1F. The zero-order valence-corrected chi connectivity index (χ0v) is 13.7. The summed E-state index contributed by atoms with van der Waals surface area (Å²) in [5.74, 6) is -1.01. The summed E-state index contributed by atoms with van der Waals surface area (Å²) < 4.78 is 14.9. The van der Waals surface area contributed by atoms with Crippen molar-refractivity contribution in [1.29, 1.82) is 0 Å². The van der Waals surface area contributed by atoms with E-state index >= 15 is 0 Å². The van der Waals surface area contributed by atoms with E-state index in [1.165, 1.54) is 13.1 Å². The highest BCUT2D eigenvalue weighted by molar-refractivity contribution is 6.06. The Balaban J connectivity index is 1.96. The van der Waals surface area contributed by atoms with Crippen LogP contribution in [0.15, 0.2) is 58.4 Å². The van der Waals surface area contributed by atoms with Gasteiger partial charge in [-0.05, 0) is 19.1 Å². The van der Waals surface area contributed by atoms with Crippen LogP contribution in [0.25, 0.3) is 10.8 Å². The number of carbonyl (C=O) groups is 1. The number of aryl methyl sites for hydroxylation is 1. The summed E-state index contributed by atoms with van der Waals surface area (Å²) in [4.78, 5) is 24.5. The molecule has 3 rings (SSSR count). The highest BCUT2D eigenvalue weighted by Gasteiger charge is 2.15. The number of hydrogen-bond acceptors (Lipinski definition) is 4. The number of aromatic nitrogens is 2. The maximum absolute atomic E-state index is 13.7. The van der Waals surface area contributed by atoms with Crippen molar-refractivity contribution >= 4 is 22.4 Å². The Bertz CT molecular complexity index is 1060. The molecule has 126 valence electrons. The molecule has 0 bridgehead atoms. The van der Waals surface area contributed by atoms with Gasteiger partial charge in [-0.15, -0.1) is 0 Å². The number of benzene rings is 2. The maximum Gasteiger partial charge on any atom is 0.292 e. The first-order chi connectivity index (χ1) is 12.0. The molecule has 1 aromatic heterocycles. The fourth-order valence-corrected chi connectivity index (χ4v) is 2.47. The minimum atomic E-state index is -0.581. The van der Waals surface area contributed by atoms with Crippen molar-refractivity contribution < 1.29 is 9.18 Å². The van der Waals surface area contributed by atoms with E-state index in [0.29, 0.717) is 22.0 Å². The topological polar surface area (TPSA) is 76.3 Å². The van der Waals surface area contributed by atoms with Crippen LogP contribution < -0.4 is 11.0 Å². The number of hydrazone groups is 1. The number of rotatable bonds is 3. The van der Waals surface area contributed by atoms with Gasteiger partial charge in [-0.1, -0.05) is 36.4 Å². The normalized spacial score (nSPS) is 11.6. The third kappa shape index (κ3) is 3.16. The lowest BCUT2D eigenvalue weighted by Crippen LogP contribution is -2.27. The van der Waals surface area contributed by atoms with Gasteiger partial charge in [0.05, 0.1) is 11.1 Å². The van der Waals surface area contributed by atoms with Crippen molar-refractivity contribution in [1.82, 2.24) is 15.2 Å². The van der Waals surface area contributed by atoms with E-state index in [-0.39, 0.29) is 11.3 Å². The predicted octanol–water partition coefficient (Wildman–Crippen LogP) is 2.23. The molecule has 0 aliphatic carbocycles. The average Bonchev–Trinajstić information content (AvgIpc) is 2.63. The minimum Gasteiger partial charge on any atom is -0.267 e. The Morgan fingerprint density at radius 1 is 1.12 bits per heavy atom. The Kier molecular flexibility index (Phi) is 4.38. The van der Waals surface area contributed by atoms with E-state index in [9.17, 15) is 14.0 Å². The van der Waals surface area contributed by atoms with Crippen molar-refractivity contribution in [2.75, 3.05) is 0 Å². The lowest BCUT2D eigenvalue weighted by atomic mass is 10.1. The molecule has 0 saturated carbocycles. The molecule has 2 aromatic carbocycles. The molecule has 7 heteroatoms. The number of carbonyl (C=O) groups excluding carboxylic acids is 1. The Morgan fingerprint density at radius 2 is 1.76 bits per heavy atom. The fourth-order valence-electron chi connectivity index (χ4n) is 2.47. The van der Waals surface area contributed by atoms with E-state index in [4.69, 9.17) is 0 Å². The van der Waals surface area contributed by atoms with Gasteiger partial charge in [0, 0.05) is 18.0 Å². The Morgan fingerprint density at radius 3 is 2.48 bits per heavy atom. The van der Waals surface area contributed by atoms with Gasteiger partial charge in [0.1, 0.15) is 5.82 Å². The summed E-state index contributed by atoms with van der Waals surface area (Å²) in [6, 6.07) is 12.8. The molecule has 3 aromatic rings. The first-order valence-corrected chi connectivity index (χ1v) is 7.54. The molecule has 0 fully saturated rings. The summed E-state index contributed by atoms with van der Waals surface area (Å²) in [6.45, 7) is 1.59. The fraction of sp³-hybridized carbons (Fsp3) is 0.111. The van der Waals surface area contributed by atoms with Gasteiger partial charge in [0.2, 0.25) is 0 Å². The molecule has 6 nitrogen and oxygen atoms in total. The number of halogens is 1. The molecule has 0 spiro atoms. The van der Waals surface area contributed by atoms with Crippen LogP contribution in [0.3, 0.4) is 0 Å². The summed E-state index contributed by atoms with van der Waals surface area (Å²) in [7, 11) is 1.47. The Labute approximate surface area is 142 Å². The monoisotopic (exact) mass is 338 g/mol. The molecule has 0 radical (unpaired) electrons. The lowest BCUT2D eigenvalue weighted by Gasteiger charge is -2.07. The third-order valence-corrected chi connectivity index (χ3v) is 3.76. The molecule has 0 atom stereocenters. The van der Waals surface area contributed by atoms with Crippen LogP contribution in [0, 0.1) is 5.82 Å². The van der Waals surface area contributed by atoms with Crippen LogP contribution in [0.4, 0.5) is 4.39 Å². The van der Waals surface area contributed by atoms with Gasteiger partial charge in [0.25, 0.3) is 11.5 Å². The quantitative estimate of drug-likeness (QED) is 0.588. The van der Waals surface area contributed by atoms with E-state index in [1.807, 2.05) is 0 Å². The van der Waals surface area contributed by atoms with E-state index in [1.54, 1.807) is 49.4 Å². The van der Waals surface area contributed by atoms with Crippen molar-refractivity contribution in [2.45, 2.75) is 6.92 Å². The van der Waals surface area contributed by atoms with Gasteiger partial charge in [0.15, 0.2) is 5.69 Å². The summed E-state index contributed by atoms with van der Waals surface area (Å²) in [5, 5.41) is 8.78. The molecule has 0 saturated heterocycles. The summed E-state index contributed by atoms with van der Waals surface area (Å²) in [6.07, 6.45) is 0. The number of nitrogens with zero attached hydrogens (tertiary/aromatic N) is 3. The highest BCUT2D eigenvalue weighted by atomic mass is 19.1. The van der Waals surface area contributed by atoms with Crippen LogP contribution >= 0.6 is 0 Å². The van der Waals surface area contributed by atoms with Crippen molar-refractivity contribution in [3.63, 3.8) is 0 Å². The minimum absolute atomic E-state index is 0.0720. The van der Waals surface area contributed by atoms with Gasteiger partial charge < -0.3 is 0 Å². The van der Waals surface area contributed by atoms with Gasteiger partial charge in [-0.2, -0.15) is 10.2 Å².